The van der Waals surface area contributed by atoms with E-state index in [1.165, 1.54) is 12.8 Å². The van der Waals surface area contributed by atoms with Gasteiger partial charge in [-0.25, -0.2) is 0 Å². The molecule has 0 N–H and O–H groups in total. The zero-order valence-electron chi connectivity index (χ0n) is 7.15. The number of hydrogen-bond acceptors (Lipinski definition) is 0. The maximum Gasteiger partial charge on any atom is 0.0282 e. The van der Waals surface area contributed by atoms with E-state index >= 15 is 0 Å². The van der Waals surface area contributed by atoms with Gasteiger partial charge in [0.1, 0.15) is 0 Å². The highest BCUT2D eigenvalue weighted by Gasteiger charge is 2.47. The Morgan fingerprint density at radius 2 is 1.80 bits per heavy atom. The van der Waals surface area contributed by atoms with Crippen LogP contribution < -0.4 is 0 Å². The predicted octanol–water partition coefficient (Wildman–Crippen LogP) is 3.30. The summed E-state index contributed by atoms with van der Waals surface area (Å²) in [6.07, 6.45) is 2.71. The summed E-state index contributed by atoms with van der Waals surface area (Å²) in [7, 11) is 0. The average Bonchev–Trinajstić information content (AvgIpc) is 2.66. The van der Waals surface area contributed by atoms with E-state index in [1.54, 1.807) is 0 Å². The average molecular weight is 161 g/mol. The predicted molar refractivity (Wildman–Crippen MR) is 46.4 cm³/mol. The van der Waals surface area contributed by atoms with Crippen LogP contribution in [0.5, 0.6) is 0 Å². The Bertz CT molecular complexity index is 114. The van der Waals surface area contributed by atoms with E-state index in [0.717, 1.165) is 17.7 Å². The first-order valence-corrected chi connectivity index (χ1v) is 4.72. The zero-order valence-corrected chi connectivity index (χ0v) is 7.91. The van der Waals surface area contributed by atoms with Crippen LogP contribution in [-0.4, -0.2) is 5.88 Å². The molecule has 1 heteroatoms. The second-order valence-electron chi connectivity index (χ2n) is 4.03. The first-order chi connectivity index (χ1) is 4.62. The monoisotopic (exact) mass is 160 g/mol. The van der Waals surface area contributed by atoms with Crippen molar-refractivity contribution in [2.24, 2.45) is 17.3 Å². The van der Waals surface area contributed by atoms with Crippen molar-refractivity contribution in [3.05, 3.63) is 0 Å². The van der Waals surface area contributed by atoms with Gasteiger partial charge in [0.25, 0.3) is 0 Å². The summed E-state index contributed by atoms with van der Waals surface area (Å²) in [4.78, 5) is 0. The van der Waals surface area contributed by atoms with Gasteiger partial charge >= 0.3 is 0 Å². The summed E-state index contributed by atoms with van der Waals surface area (Å²) in [6, 6.07) is 0. The van der Waals surface area contributed by atoms with Gasteiger partial charge in [0.2, 0.25) is 0 Å². The maximum absolute atomic E-state index is 5.89. The lowest BCUT2D eigenvalue weighted by Crippen LogP contribution is -2.19. The van der Waals surface area contributed by atoms with Gasteiger partial charge in [-0.1, -0.05) is 20.8 Å². The molecule has 1 saturated carbocycles. The molecule has 0 saturated heterocycles. The number of alkyl halides is 1. The Hall–Kier alpha value is 0.290. The third kappa shape index (κ3) is 1.32. The molecule has 0 nitrogen and oxygen atoms in total. The van der Waals surface area contributed by atoms with Gasteiger partial charge in [0.15, 0.2) is 0 Å². The van der Waals surface area contributed by atoms with Crippen molar-refractivity contribution >= 4 is 11.6 Å². The smallest absolute Gasteiger partial charge is 0.0282 e. The minimum absolute atomic E-state index is 0.537. The van der Waals surface area contributed by atoms with Gasteiger partial charge in [-0.05, 0) is 30.1 Å². The Morgan fingerprint density at radius 1 is 1.30 bits per heavy atom. The molecule has 1 unspecified atom stereocenters. The standard InChI is InChI=1S/C9H17Cl/c1-7(2)8(3)9(6-10)4-5-9/h7-8H,4-6H2,1-3H3. The second-order valence-corrected chi connectivity index (χ2v) is 4.30. The molecule has 1 aliphatic carbocycles. The molecule has 1 fully saturated rings. The van der Waals surface area contributed by atoms with Crippen LogP contribution >= 0.6 is 11.6 Å². The first kappa shape index (κ1) is 8.39. The molecule has 0 aromatic carbocycles. The molecule has 1 aliphatic rings. The molecule has 0 amide bonds. The first-order valence-electron chi connectivity index (χ1n) is 4.18. The molecule has 1 atom stereocenters. The Morgan fingerprint density at radius 3 is 1.90 bits per heavy atom. The topological polar surface area (TPSA) is 0 Å². The molecule has 1 rings (SSSR count). The highest BCUT2D eigenvalue weighted by Crippen LogP contribution is 2.54. The lowest BCUT2D eigenvalue weighted by Gasteiger charge is -2.24. The summed E-state index contributed by atoms with van der Waals surface area (Å²) < 4.78 is 0. The normalized spacial score (nSPS) is 24.9. The van der Waals surface area contributed by atoms with E-state index in [9.17, 15) is 0 Å². The molecule has 60 valence electrons. The summed E-state index contributed by atoms with van der Waals surface area (Å²) in [5.74, 6) is 2.47. The molecule has 0 spiro atoms. The fraction of sp³-hybridized carbons (Fsp3) is 1.00. The van der Waals surface area contributed by atoms with Crippen molar-refractivity contribution in [2.75, 3.05) is 5.88 Å². The SMILES string of the molecule is CC(C)C(C)C1(CCl)CC1. The van der Waals surface area contributed by atoms with Gasteiger partial charge in [-0.3, -0.25) is 0 Å². The van der Waals surface area contributed by atoms with E-state index in [-0.39, 0.29) is 0 Å². The van der Waals surface area contributed by atoms with Crippen molar-refractivity contribution in [2.45, 2.75) is 33.6 Å². The number of rotatable bonds is 3. The second kappa shape index (κ2) is 2.73. The molecule has 0 aliphatic heterocycles. The van der Waals surface area contributed by atoms with Gasteiger partial charge in [0, 0.05) is 5.88 Å². The van der Waals surface area contributed by atoms with Crippen molar-refractivity contribution < 1.29 is 0 Å². The molecular weight excluding hydrogens is 144 g/mol. The van der Waals surface area contributed by atoms with Gasteiger partial charge < -0.3 is 0 Å². The fourth-order valence-corrected chi connectivity index (χ4v) is 2.09. The van der Waals surface area contributed by atoms with E-state index in [2.05, 4.69) is 20.8 Å². The lowest BCUT2D eigenvalue weighted by molar-refractivity contribution is 0.279. The summed E-state index contributed by atoms with van der Waals surface area (Å²) in [5, 5.41) is 0. The molecule has 0 bridgehead atoms. The number of halogens is 1. The molecule has 0 aromatic rings. The maximum atomic E-state index is 5.89. The van der Waals surface area contributed by atoms with Crippen LogP contribution in [0.1, 0.15) is 33.6 Å². The Balaban J connectivity index is 2.47. The summed E-state index contributed by atoms with van der Waals surface area (Å²) in [5.41, 5.74) is 0.537. The Kier molecular flexibility index (Phi) is 2.29. The van der Waals surface area contributed by atoms with E-state index in [1.807, 2.05) is 0 Å². The van der Waals surface area contributed by atoms with E-state index in [0.29, 0.717) is 5.41 Å². The highest BCUT2D eigenvalue weighted by atomic mass is 35.5. The molecule has 0 heterocycles. The van der Waals surface area contributed by atoms with Crippen molar-refractivity contribution in [1.82, 2.24) is 0 Å². The Labute approximate surface area is 69.0 Å². The minimum atomic E-state index is 0.537. The summed E-state index contributed by atoms with van der Waals surface area (Å²) >= 11 is 5.89. The van der Waals surface area contributed by atoms with E-state index < -0.39 is 0 Å². The van der Waals surface area contributed by atoms with Gasteiger partial charge in [-0.2, -0.15) is 0 Å². The van der Waals surface area contributed by atoms with Crippen molar-refractivity contribution in [1.29, 1.82) is 0 Å². The van der Waals surface area contributed by atoms with Crippen LogP contribution in [0.3, 0.4) is 0 Å². The number of hydrogen-bond donors (Lipinski definition) is 0. The minimum Gasteiger partial charge on any atom is -0.126 e. The molecular formula is C9H17Cl. The third-order valence-corrected chi connectivity index (χ3v) is 3.66. The lowest BCUT2D eigenvalue weighted by atomic mass is 9.83. The van der Waals surface area contributed by atoms with Crippen LogP contribution in [0.2, 0.25) is 0 Å². The molecule has 10 heavy (non-hydrogen) atoms. The summed E-state index contributed by atoms with van der Waals surface area (Å²) in [6.45, 7) is 6.91. The highest BCUT2D eigenvalue weighted by molar-refractivity contribution is 6.18. The molecule has 0 aromatic heterocycles. The van der Waals surface area contributed by atoms with Crippen molar-refractivity contribution in [3.8, 4) is 0 Å². The fourth-order valence-electron chi connectivity index (χ4n) is 1.58. The zero-order chi connectivity index (χ0) is 7.78. The van der Waals surface area contributed by atoms with Crippen LogP contribution in [0, 0.1) is 17.3 Å². The van der Waals surface area contributed by atoms with Crippen molar-refractivity contribution in [3.63, 3.8) is 0 Å². The van der Waals surface area contributed by atoms with Crippen LogP contribution in [0.25, 0.3) is 0 Å². The van der Waals surface area contributed by atoms with Crippen LogP contribution in [0.15, 0.2) is 0 Å². The van der Waals surface area contributed by atoms with Crippen LogP contribution in [0.4, 0.5) is 0 Å². The van der Waals surface area contributed by atoms with Gasteiger partial charge in [-0.15, -0.1) is 11.6 Å². The molecule has 0 radical (unpaired) electrons. The van der Waals surface area contributed by atoms with Crippen LogP contribution in [-0.2, 0) is 0 Å². The quantitative estimate of drug-likeness (QED) is 0.556. The third-order valence-electron chi connectivity index (χ3n) is 3.12. The van der Waals surface area contributed by atoms with Gasteiger partial charge in [0.05, 0.1) is 0 Å². The largest absolute Gasteiger partial charge is 0.126 e. The van der Waals surface area contributed by atoms with E-state index in [4.69, 9.17) is 11.6 Å².